The van der Waals surface area contributed by atoms with Gasteiger partial charge in [-0.05, 0) is 142 Å². The first kappa shape index (κ1) is 31.6. The molecule has 0 fully saturated rings. The molecule has 272 valence electrons. The Hall–Kier alpha value is -7.56. The highest BCUT2D eigenvalue weighted by atomic mass is 16.3. The van der Waals surface area contributed by atoms with Crippen molar-refractivity contribution in [3.05, 3.63) is 175 Å². The van der Waals surface area contributed by atoms with Gasteiger partial charge in [-0.25, -0.2) is 0 Å². The third-order valence-electron chi connectivity index (χ3n) is 12.1. The van der Waals surface area contributed by atoms with Crippen LogP contribution >= 0.6 is 0 Å². The van der Waals surface area contributed by atoms with Crippen LogP contribution in [0.1, 0.15) is 17.7 Å². The van der Waals surface area contributed by atoms with E-state index in [-0.39, 0.29) is 0 Å². The molecule has 0 bridgehead atoms. The Morgan fingerprint density at radius 1 is 0.293 bits per heavy atom. The maximum absolute atomic E-state index is 6.45. The first-order chi connectivity index (χ1) is 28.7. The highest BCUT2D eigenvalue weighted by Gasteiger charge is 2.18. The van der Waals surface area contributed by atoms with Crippen molar-refractivity contribution in [3.63, 3.8) is 0 Å². The van der Waals surface area contributed by atoms with Crippen molar-refractivity contribution in [3.8, 4) is 44.5 Å². The lowest BCUT2D eigenvalue weighted by Crippen LogP contribution is -1.88. The number of allylic oxidation sites excluding steroid dienone is 1. The van der Waals surface area contributed by atoms with E-state index in [2.05, 4.69) is 146 Å². The Labute approximate surface area is 331 Å². The van der Waals surface area contributed by atoms with Gasteiger partial charge in [0.15, 0.2) is 0 Å². The van der Waals surface area contributed by atoms with Crippen LogP contribution in [0.5, 0.6) is 0 Å². The molecular formula is C54H32O4. The Kier molecular flexibility index (Phi) is 6.53. The number of hydrogen-bond acceptors (Lipinski definition) is 4. The van der Waals surface area contributed by atoms with Crippen molar-refractivity contribution in [2.75, 3.05) is 0 Å². The summed E-state index contributed by atoms with van der Waals surface area (Å²) in [7, 11) is 0. The maximum Gasteiger partial charge on any atom is 0.135 e. The van der Waals surface area contributed by atoms with Gasteiger partial charge in [0.05, 0.1) is 0 Å². The molecule has 13 rings (SSSR count). The first-order valence-corrected chi connectivity index (χ1v) is 19.8. The smallest absolute Gasteiger partial charge is 0.135 e. The van der Waals surface area contributed by atoms with E-state index in [1.165, 1.54) is 10.9 Å². The van der Waals surface area contributed by atoms with E-state index in [4.69, 9.17) is 17.7 Å². The molecule has 0 aliphatic heterocycles. The molecule has 0 spiro atoms. The van der Waals surface area contributed by atoms with E-state index in [0.29, 0.717) is 0 Å². The number of furan rings is 4. The van der Waals surface area contributed by atoms with Gasteiger partial charge < -0.3 is 17.7 Å². The van der Waals surface area contributed by atoms with E-state index in [1.807, 2.05) is 24.3 Å². The van der Waals surface area contributed by atoms with Crippen molar-refractivity contribution in [1.82, 2.24) is 0 Å². The summed E-state index contributed by atoms with van der Waals surface area (Å²) in [5.74, 6) is 1.08. The maximum atomic E-state index is 6.45. The zero-order valence-corrected chi connectivity index (χ0v) is 31.2. The van der Waals surface area contributed by atoms with Crippen molar-refractivity contribution in [2.24, 2.45) is 0 Å². The Balaban J connectivity index is 0.980. The molecule has 4 heteroatoms. The Bertz CT molecular complexity index is 3560. The van der Waals surface area contributed by atoms with Crippen LogP contribution in [0.2, 0.25) is 0 Å². The summed E-state index contributed by atoms with van der Waals surface area (Å²) in [4.78, 5) is 0. The fraction of sp³-hybridized carbons (Fsp3) is 0.0370. The summed E-state index contributed by atoms with van der Waals surface area (Å²) in [6.45, 7) is 0. The van der Waals surface area contributed by atoms with Crippen LogP contribution in [0.3, 0.4) is 0 Å². The summed E-state index contributed by atoms with van der Waals surface area (Å²) < 4.78 is 25.1. The summed E-state index contributed by atoms with van der Waals surface area (Å²) in [6, 6.07) is 56.1. The van der Waals surface area contributed by atoms with Gasteiger partial charge in [0.1, 0.15) is 44.8 Å². The van der Waals surface area contributed by atoms with Gasteiger partial charge in [-0.15, -0.1) is 0 Å². The number of hydrogen-bond donors (Lipinski definition) is 0. The van der Waals surface area contributed by atoms with Crippen molar-refractivity contribution < 1.29 is 17.7 Å². The molecule has 4 aromatic heterocycles. The van der Waals surface area contributed by atoms with Crippen LogP contribution in [0.15, 0.2) is 181 Å². The molecule has 0 N–H and O–H groups in total. The monoisotopic (exact) mass is 744 g/mol. The minimum atomic E-state index is 0.867. The lowest BCUT2D eigenvalue weighted by Gasteiger charge is -2.12. The third kappa shape index (κ3) is 4.82. The van der Waals surface area contributed by atoms with Gasteiger partial charge in [0.25, 0.3) is 0 Å². The molecule has 8 aromatic carbocycles. The van der Waals surface area contributed by atoms with Crippen molar-refractivity contribution >= 4 is 82.9 Å². The molecule has 4 heterocycles. The second-order valence-corrected chi connectivity index (χ2v) is 15.5. The number of para-hydroxylation sites is 2. The van der Waals surface area contributed by atoms with E-state index < -0.39 is 0 Å². The topological polar surface area (TPSA) is 52.6 Å². The van der Waals surface area contributed by atoms with E-state index >= 15 is 0 Å². The minimum absolute atomic E-state index is 0.867. The molecule has 1 aliphatic carbocycles. The molecule has 0 unspecified atom stereocenters. The van der Waals surface area contributed by atoms with E-state index in [9.17, 15) is 0 Å². The molecule has 0 atom stereocenters. The largest absolute Gasteiger partial charge is 0.460 e. The van der Waals surface area contributed by atoms with Gasteiger partial charge in [-0.1, -0.05) is 78.9 Å². The molecule has 4 nitrogen and oxygen atoms in total. The molecule has 1 aliphatic rings. The van der Waals surface area contributed by atoms with Crippen molar-refractivity contribution in [2.45, 2.75) is 12.8 Å². The molecule has 12 aromatic rings. The minimum Gasteiger partial charge on any atom is -0.460 e. The molecule has 0 radical (unpaired) electrons. The predicted molar refractivity (Wildman–Crippen MR) is 237 cm³/mol. The second kappa shape index (κ2) is 12.0. The lowest BCUT2D eigenvalue weighted by atomic mass is 9.92. The van der Waals surface area contributed by atoms with Crippen LogP contribution in [0, 0.1) is 0 Å². The third-order valence-corrected chi connectivity index (χ3v) is 12.1. The van der Waals surface area contributed by atoms with Crippen molar-refractivity contribution in [1.29, 1.82) is 0 Å². The SMILES string of the molecule is C1=Cc2c(oc3ccc(-c4ccc5oc6ccc(-c7cc(-c8ccc9oc%10ccccc%10c9c8)cc(-c8ccc9oc%10ccccc%10c9c8)c7)cc6c5c4)cc23)CC1. The van der Waals surface area contributed by atoms with Crippen LogP contribution in [0.4, 0.5) is 0 Å². The molecule has 0 amide bonds. The van der Waals surface area contributed by atoms with Gasteiger partial charge in [0, 0.05) is 49.7 Å². The van der Waals surface area contributed by atoms with Crippen LogP contribution < -0.4 is 0 Å². The normalized spacial score (nSPS) is 13.0. The first-order valence-electron chi connectivity index (χ1n) is 19.8. The van der Waals surface area contributed by atoms with E-state index in [0.717, 1.165) is 135 Å². The van der Waals surface area contributed by atoms with Crippen LogP contribution in [-0.2, 0) is 6.42 Å². The van der Waals surface area contributed by atoms with Gasteiger partial charge in [0.2, 0.25) is 0 Å². The van der Waals surface area contributed by atoms with Gasteiger partial charge in [-0.3, -0.25) is 0 Å². The van der Waals surface area contributed by atoms with Crippen LogP contribution in [-0.4, -0.2) is 0 Å². The molecule has 0 saturated heterocycles. The summed E-state index contributed by atoms with van der Waals surface area (Å²) in [5, 5.41) is 7.79. The number of benzene rings is 8. The zero-order valence-electron chi connectivity index (χ0n) is 31.2. The standard InChI is InChI=1S/C54H32O4/c1-4-10-47-39(7-1)42-26-31(13-18-50(42)55-47)32-14-19-53-45(27-32)46-30-35(17-22-54(46)58-53)38-24-36(33-15-20-51-43(28-33)40-8-2-5-11-48(40)56-51)23-37(25-38)34-16-21-52-44(29-34)41-9-3-6-12-49(41)57-52/h1-3,5-9,11-30H,4,10H2. The molecular weight excluding hydrogens is 713 g/mol. The van der Waals surface area contributed by atoms with Gasteiger partial charge in [-0.2, -0.15) is 0 Å². The highest BCUT2D eigenvalue weighted by Crippen LogP contribution is 2.41. The van der Waals surface area contributed by atoms with E-state index in [1.54, 1.807) is 0 Å². The average molecular weight is 745 g/mol. The van der Waals surface area contributed by atoms with Gasteiger partial charge >= 0.3 is 0 Å². The number of aryl methyl sites for hydroxylation is 1. The summed E-state index contributed by atoms with van der Waals surface area (Å²) in [5.41, 5.74) is 16.5. The zero-order chi connectivity index (χ0) is 37.9. The number of rotatable bonds is 4. The molecule has 58 heavy (non-hydrogen) atoms. The fourth-order valence-corrected chi connectivity index (χ4v) is 9.21. The van der Waals surface area contributed by atoms with Crippen LogP contribution in [0.25, 0.3) is 127 Å². The highest BCUT2D eigenvalue weighted by molar-refractivity contribution is 6.10. The fourth-order valence-electron chi connectivity index (χ4n) is 9.21. The summed E-state index contributed by atoms with van der Waals surface area (Å²) in [6.07, 6.45) is 6.42. The Morgan fingerprint density at radius 2 is 0.655 bits per heavy atom. The lowest BCUT2D eigenvalue weighted by molar-refractivity contribution is 0.546. The average Bonchev–Trinajstić information content (AvgIpc) is 4.05. The second-order valence-electron chi connectivity index (χ2n) is 15.5. The summed E-state index contributed by atoms with van der Waals surface area (Å²) >= 11 is 0. The quantitative estimate of drug-likeness (QED) is 0.180. The number of fused-ring (bicyclic) bond motifs is 12. The molecule has 0 saturated carbocycles. The Morgan fingerprint density at radius 3 is 1.12 bits per heavy atom. The predicted octanol–water partition coefficient (Wildman–Crippen LogP) is 15.8.